The minimum atomic E-state index is -4.19. The highest BCUT2D eigenvalue weighted by Gasteiger charge is 2.28. The van der Waals surface area contributed by atoms with Crippen molar-refractivity contribution in [2.75, 3.05) is 18.0 Å². The zero-order valence-electron chi connectivity index (χ0n) is 16.6. The molecule has 0 aliphatic heterocycles. The second-order valence-electron chi connectivity index (χ2n) is 6.34. The minimum Gasteiger partial charge on any atom is -0.497 e. The van der Waals surface area contributed by atoms with Crippen LogP contribution in [-0.4, -0.2) is 34.2 Å². The third-order valence-corrected chi connectivity index (χ3v) is 6.03. The van der Waals surface area contributed by atoms with E-state index in [1.807, 2.05) is 0 Å². The first-order valence-corrected chi connectivity index (χ1v) is 10.6. The molecular weight excluding hydrogens is 421 g/mol. The molecule has 7 nitrogen and oxygen atoms in total. The standard InChI is InChI=1S/C22H20FN3O4S/c1-30-18-13-11-17(12-14-18)15-24-25-22(27)16-26(21-10-6-5-9-20(21)23)31(28,29)19-7-3-2-4-8-19/h2-15H,16H2,1H3,(H,25,27)/b24-15-. The molecular formula is C22H20FN3O4S. The van der Waals surface area contributed by atoms with E-state index in [1.54, 1.807) is 49.6 Å². The summed E-state index contributed by atoms with van der Waals surface area (Å²) in [4.78, 5) is 12.4. The SMILES string of the molecule is COc1ccc(/C=N\NC(=O)CN(c2ccccc2F)S(=O)(=O)c2ccccc2)cc1. The summed E-state index contributed by atoms with van der Waals surface area (Å²) in [6.45, 7) is -0.655. The van der Waals surface area contributed by atoms with Gasteiger partial charge in [0.25, 0.3) is 15.9 Å². The molecule has 0 saturated carbocycles. The van der Waals surface area contributed by atoms with E-state index in [0.717, 1.165) is 10.4 Å². The third kappa shape index (κ3) is 5.46. The van der Waals surface area contributed by atoms with E-state index >= 15 is 0 Å². The number of ether oxygens (including phenoxy) is 1. The average molecular weight is 441 g/mol. The van der Waals surface area contributed by atoms with Gasteiger partial charge in [-0.25, -0.2) is 18.2 Å². The maximum absolute atomic E-state index is 14.4. The number of sulfonamides is 1. The maximum Gasteiger partial charge on any atom is 0.264 e. The van der Waals surface area contributed by atoms with Gasteiger partial charge in [-0.1, -0.05) is 30.3 Å². The Morgan fingerprint density at radius 2 is 1.68 bits per heavy atom. The number of methoxy groups -OCH3 is 1. The molecule has 160 valence electrons. The fourth-order valence-corrected chi connectivity index (χ4v) is 4.16. The Morgan fingerprint density at radius 3 is 2.32 bits per heavy atom. The summed E-state index contributed by atoms with van der Waals surface area (Å²) in [5, 5.41) is 3.84. The number of nitrogens with zero attached hydrogens (tertiary/aromatic N) is 2. The number of carbonyl (C=O) groups excluding carboxylic acids is 1. The van der Waals surface area contributed by atoms with Crippen molar-refractivity contribution < 1.29 is 22.3 Å². The Balaban J connectivity index is 1.81. The van der Waals surface area contributed by atoms with Gasteiger partial charge in [0.2, 0.25) is 0 Å². The molecule has 0 aliphatic carbocycles. The number of para-hydroxylation sites is 1. The van der Waals surface area contributed by atoms with Gasteiger partial charge >= 0.3 is 0 Å². The molecule has 0 aromatic heterocycles. The Labute approximate surface area is 179 Å². The van der Waals surface area contributed by atoms with Crippen LogP contribution in [0.4, 0.5) is 10.1 Å². The number of rotatable bonds is 8. The molecule has 0 fully saturated rings. The lowest BCUT2D eigenvalue weighted by Crippen LogP contribution is -2.40. The zero-order valence-corrected chi connectivity index (χ0v) is 17.4. The molecule has 0 aliphatic rings. The largest absolute Gasteiger partial charge is 0.497 e. The van der Waals surface area contributed by atoms with E-state index in [4.69, 9.17) is 4.74 Å². The number of halogens is 1. The third-order valence-electron chi connectivity index (χ3n) is 4.26. The second kappa shape index (κ2) is 9.86. The molecule has 9 heteroatoms. The lowest BCUT2D eigenvalue weighted by molar-refractivity contribution is -0.119. The molecule has 3 rings (SSSR count). The van der Waals surface area contributed by atoms with Gasteiger partial charge in [-0.2, -0.15) is 5.10 Å². The number of hydrogen-bond acceptors (Lipinski definition) is 5. The molecule has 1 amide bonds. The normalized spacial score (nSPS) is 11.3. The molecule has 0 radical (unpaired) electrons. The van der Waals surface area contributed by atoms with Crippen molar-refractivity contribution in [3.63, 3.8) is 0 Å². The van der Waals surface area contributed by atoms with Crippen molar-refractivity contribution in [1.29, 1.82) is 0 Å². The van der Waals surface area contributed by atoms with E-state index in [-0.39, 0.29) is 10.6 Å². The predicted molar refractivity (Wildman–Crippen MR) is 116 cm³/mol. The molecule has 31 heavy (non-hydrogen) atoms. The van der Waals surface area contributed by atoms with Crippen LogP contribution in [0.2, 0.25) is 0 Å². The van der Waals surface area contributed by atoms with Crippen LogP contribution >= 0.6 is 0 Å². The summed E-state index contributed by atoms with van der Waals surface area (Å²) in [6, 6.07) is 19.8. The molecule has 0 spiro atoms. The maximum atomic E-state index is 14.4. The summed E-state index contributed by atoms with van der Waals surface area (Å²) in [6.07, 6.45) is 1.40. The summed E-state index contributed by atoms with van der Waals surface area (Å²) >= 11 is 0. The van der Waals surface area contributed by atoms with Gasteiger partial charge in [-0.15, -0.1) is 0 Å². The van der Waals surface area contributed by atoms with Crippen molar-refractivity contribution >= 4 is 27.8 Å². The topological polar surface area (TPSA) is 88.1 Å². The monoisotopic (exact) mass is 441 g/mol. The zero-order chi connectivity index (χ0) is 22.3. The first-order valence-electron chi connectivity index (χ1n) is 9.20. The number of nitrogens with one attached hydrogen (secondary N) is 1. The summed E-state index contributed by atoms with van der Waals surface area (Å²) < 4.78 is 46.4. The van der Waals surface area contributed by atoms with Crippen LogP contribution in [0.1, 0.15) is 5.56 Å². The molecule has 1 N–H and O–H groups in total. The van der Waals surface area contributed by atoms with Gasteiger partial charge in [0.1, 0.15) is 18.1 Å². The van der Waals surface area contributed by atoms with Crippen molar-refractivity contribution in [2.45, 2.75) is 4.90 Å². The van der Waals surface area contributed by atoms with Gasteiger partial charge in [0.05, 0.1) is 23.9 Å². The number of hydrogen-bond donors (Lipinski definition) is 1. The van der Waals surface area contributed by atoms with Crippen LogP contribution < -0.4 is 14.5 Å². The van der Waals surface area contributed by atoms with Crippen molar-refractivity contribution in [3.8, 4) is 5.75 Å². The van der Waals surface area contributed by atoms with Crippen LogP contribution in [0.5, 0.6) is 5.75 Å². The number of benzene rings is 3. The van der Waals surface area contributed by atoms with Crippen LogP contribution in [0.15, 0.2) is 88.9 Å². The van der Waals surface area contributed by atoms with Crippen molar-refractivity contribution in [2.24, 2.45) is 5.10 Å². The highest BCUT2D eigenvalue weighted by Crippen LogP contribution is 2.25. The summed E-state index contributed by atoms with van der Waals surface area (Å²) in [5.41, 5.74) is 2.74. The predicted octanol–water partition coefficient (Wildman–Crippen LogP) is 3.18. The van der Waals surface area contributed by atoms with Gasteiger partial charge in [-0.3, -0.25) is 9.10 Å². The molecule has 0 bridgehead atoms. The van der Waals surface area contributed by atoms with Crippen LogP contribution in [0, 0.1) is 5.82 Å². The average Bonchev–Trinajstić information content (AvgIpc) is 2.79. The number of anilines is 1. The Hall–Kier alpha value is -3.72. The first kappa shape index (κ1) is 22.0. The first-order chi connectivity index (χ1) is 14.9. The lowest BCUT2D eigenvalue weighted by atomic mass is 10.2. The Kier molecular flexibility index (Phi) is 6.99. The highest BCUT2D eigenvalue weighted by molar-refractivity contribution is 7.92. The minimum absolute atomic E-state index is 0.0622. The van der Waals surface area contributed by atoms with E-state index in [0.29, 0.717) is 11.3 Å². The fourth-order valence-electron chi connectivity index (χ4n) is 2.71. The molecule has 3 aromatic rings. The molecule has 3 aromatic carbocycles. The van der Waals surface area contributed by atoms with Crippen LogP contribution in [0.3, 0.4) is 0 Å². The molecule has 0 saturated heterocycles. The van der Waals surface area contributed by atoms with Gasteiger partial charge in [0, 0.05) is 0 Å². The van der Waals surface area contributed by atoms with Crippen molar-refractivity contribution in [1.82, 2.24) is 5.43 Å². The second-order valence-corrected chi connectivity index (χ2v) is 8.20. The van der Waals surface area contributed by atoms with Crippen molar-refractivity contribution in [3.05, 3.63) is 90.2 Å². The highest BCUT2D eigenvalue weighted by atomic mass is 32.2. The lowest BCUT2D eigenvalue weighted by Gasteiger charge is -2.24. The van der Waals surface area contributed by atoms with E-state index in [1.165, 1.54) is 36.5 Å². The number of carbonyl (C=O) groups is 1. The summed E-state index contributed by atoms with van der Waals surface area (Å²) in [5.74, 6) is -0.822. The molecule has 0 heterocycles. The Bertz CT molecular complexity index is 1170. The van der Waals surface area contributed by atoms with Gasteiger partial charge in [0.15, 0.2) is 0 Å². The van der Waals surface area contributed by atoms with E-state index < -0.39 is 28.3 Å². The molecule has 0 atom stereocenters. The van der Waals surface area contributed by atoms with E-state index in [2.05, 4.69) is 10.5 Å². The Morgan fingerprint density at radius 1 is 1.03 bits per heavy atom. The quantitative estimate of drug-likeness (QED) is 0.430. The number of hydrazone groups is 1. The van der Waals surface area contributed by atoms with Crippen LogP contribution in [-0.2, 0) is 14.8 Å². The molecule has 0 unspecified atom stereocenters. The number of amides is 1. The van der Waals surface area contributed by atoms with E-state index in [9.17, 15) is 17.6 Å². The van der Waals surface area contributed by atoms with Gasteiger partial charge < -0.3 is 4.74 Å². The van der Waals surface area contributed by atoms with Gasteiger partial charge in [-0.05, 0) is 54.1 Å². The summed E-state index contributed by atoms with van der Waals surface area (Å²) in [7, 11) is -2.64. The fraction of sp³-hybridized carbons (Fsp3) is 0.0909. The smallest absolute Gasteiger partial charge is 0.264 e. The van der Waals surface area contributed by atoms with Crippen LogP contribution in [0.25, 0.3) is 0 Å².